The molecule has 0 spiro atoms. The van der Waals surface area contributed by atoms with E-state index in [1.807, 2.05) is 0 Å². The van der Waals surface area contributed by atoms with Crippen LogP contribution in [0, 0.1) is 0 Å². The topological polar surface area (TPSA) is 433 Å². The molecule has 0 saturated carbocycles. The summed E-state index contributed by atoms with van der Waals surface area (Å²) < 4.78 is 121. The number of carbonyl (C=O) groups is 14. The van der Waals surface area contributed by atoms with E-state index in [0.717, 1.165) is 96.9 Å². The van der Waals surface area contributed by atoms with Crippen molar-refractivity contribution in [1.82, 2.24) is 0 Å². The van der Waals surface area contributed by atoms with Crippen molar-refractivity contribution >= 4 is 83.6 Å². The maximum absolute atomic E-state index is 13.3. The molecule has 20 unspecified atom stereocenters. The fourth-order valence-corrected chi connectivity index (χ4v) is 9.30. The highest BCUT2D eigenvalue weighted by molar-refractivity contribution is 5.71. The van der Waals surface area contributed by atoms with Gasteiger partial charge in [-0.15, -0.1) is 0 Å². The fourth-order valence-electron chi connectivity index (χ4n) is 9.30. The molecule has 87 heavy (non-hydrogen) atoms. The zero-order valence-corrected chi connectivity index (χ0v) is 49.7. The minimum absolute atomic E-state index is 0.752. The van der Waals surface area contributed by atoms with E-state index in [0.29, 0.717) is 0 Å². The Kier molecular flexibility index (Phi) is 27.1. The average molecular weight is 1260 g/mol. The predicted molar refractivity (Wildman–Crippen MR) is 268 cm³/mol. The molecule has 0 aromatic heterocycles. The number of rotatable bonds is 24. The quantitative estimate of drug-likeness (QED) is 0.0763. The molecule has 0 bridgehead atoms. The van der Waals surface area contributed by atoms with Gasteiger partial charge in [-0.25, -0.2) is 0 Å². The Hall–Kier alpha value is -7.70. The van der Waals surface area contributed by atoms with Crippen LogP contribution in [0.4, 0.5) is 0 Å². The standard InChI is InChI=1S/C52H70O35/c1-19(53)67-15-33-37(71-23(5)57)41(72-24(6)58)46(77-29(11)63)50(82-33)86-39-35(17-69-21(3)55)84-52(48(79-31(13)65)43(39)74-26(8)60)87-40-36(18-70-22(4)56)83-51(47(78-30(12)64)44(40)75-27(9)61)85-38-34(16-68-20(2)54)81-49(80-32(14)66)45(76-28(10)62)42(38)73-25(7)59/h33-52H,15-18H2,1-14H3. The van der Waals surface area contributed by atoms with Gasteiger partial charge in [-0.2, -0.15) is 0 Å². The fraction of sp³-hybridized carbons (Fsp3) is 0.731. The van der Waals surface area contributed by atoms with E-state index in [2.05, 4.69) is 0 Å². The van der Waals surface area contributed by atoms with Crippen LogP contribution in [-0.4, -0.2) is 233 Å². The van der Waals surface area contributed by atoms with Crippen molar-refractivity contribution < 1.29 is 167 Å². The van der Waals surface area contributed by atoms with Gasteiger partial charge < -0.3 is 99.5 Å². The maximum Gasteiger partial charge on any atom is 0.305 e. The molecule has 0 aliphatic carbocycles. The number of esters is 14. The molecule has 0 aromatic carbocycles. The molecule has 35 nitrogen and oxygen atoms in total. The molecule has 0 N–H and O–H groups in total. The van der Waals surface area contributed by atoms with Gasteiger partial charge in [0.15, 0.2) is 67.7 Å². The van der Waals surface area contributed by atoms with Crippen LogP contribution in [0.3, 0.4) is 0 Å². The van der Waals surface area contributed by atoms with E-state index < -0.39 is 233 Å². The highest BCUT2D eigenvalue weighted by Crippen LogP contribution is 2.40. The minimum atomic E-state index is -2.23. The summed E-state index contributed by atoms with van der Waals surface area (Å²) in [4.78, 5) is 178. The second-order valence-electron chi connectivity index (χ2n) is 19.5. The van der Waals surface area contributed by atoms with Crippen LogP contribution in [0.15, 0.2) is 0 Å². The lowest BCUT2D eigenvalue weighted by atomic mass is 9.94. The lowest BCUT2D eigenvalue weighted by Crippen LogP contribution is -2.69. The van der Waals surface area contributed by atoms with Crippen molar-refractivity contribution in [1.29, 1.82) is 0 Å². The number of ether oxygens (including phenoxy) is 21. The first-order valence-electron chi connectivity index (χ1n) is 26.5. The summed E-state index contributed by atoms with van der Waals surface area (Å²) in [5, 5.41) is 0. The molecule has 20 atom stereocenters. The molecule has 0 radical (unpaired) electrons. The molecule has 4 saturated heterocycles. The molecule has 4 aliphatic heterocycles. The lowest BCUT2D eigenvalue weighted by molar-refractivity contribution is -0.388. The van der Waals surface area contributed by atoms with Crippen LogP contribution in [0.5, 0.6) is 0 Å². The van der Waals surface area contributed by atoms with E-state index in [1.165, 1.54) is 0 Å². The van der Waals surface area contributed by atoms with Gasteiger partial charge in [-0.3, -0.25) is 67.1 Å². The van der Waals surface area contributed by atoms with Crippen LogP contribution in [-0.2, 0) is 167 Å². The maximum atomic E-state index is 13.3. The van der Waals surface area contributed by atoms with Crippen LogP contribution in [0.25, 0.3) is 0 Å². The van der Waals surface area contributed by atoms with Crippen LogP contribution in [0.1, 0.15) is 96.9 Å². The summed E-state index contributed by atoms with van der Waals surface area (Å²) in [6.07, 6.45) is -39.2. The molecule has 4 heterocycles. The van der Waals surface area contributed by atoms with Gasteiger partial charge in [0.25, 0.3) is 0 Å². The van der Waals surface area contributed by atoms with Crippen molar-refractivity contribution in [3.8, 4) is 0 Å². The van der Waals surface area contributed by atoms with Gasteiger partial charge in [0.05, 0.1) is 0 Å². The zero-order chi connectivity index (χ0) is 65.3. The smallest absolute Gasteiger partial charge is 0.305 e. The summed E-state index contributed by atoms with van der Waals surface area (Å²) in [6.45, 7) is 9.74. The third kappa shape index (κ3) is 21.9. The number of carbonyl (C=O) groups excluding carboxylic acids is 14. The second-order valence-corrected chi connectivity index (χ2v) is 19.5. The average Bonchev–Trinajstić information content (AvgIpc) is 0.842. The van der Waals surface area contributed by atoms with Crippen molar-refractivity contribution in [2.24, 2.45) is 0 Å². The summed E-state index contributed by atoms with van der Waals surface area (Å²) in [6, 6.07) is 0. The molecular formula is C52H70O35. The molecule has 488 valence electrons. The molecule has 4 aliphatic rings. The lowest BCUT2D eigenvalue weighted by Gasteiger charge is -2.51. The highest BCUT2D eigenvalue weighted by atomic mass is 16.8. The Morgan fingerprint density at radius 1 is 0.207 bits per heavy atom. The zero-order valence-electron chi connectivity index (χ0n) is 49.7. The van der Waals surface area contributed by atoms with Crippen molar-refractivity contribution in [2.45, 2.75) is 220 Å². The third-order valence-corrected chi connectivity index (χ3v) is 12.0. The van der Waals surface area contributed by atoms with Gasteiger partial charge >= 0.3 is 83.6 Å². The van der Waals surface area contributed by atoms with E-state index in [9.17, 15) is 67.1 Å². The van der Waals surface area contributed by atoms with Crippen LogP contribution in [0.2, 0.25) is 0 Å². The number of hydrogen-bond acceptors (Lipinski definition) is 35. The molecule has 4 rings (SSSR count). The van der Waals surface area contributed by atoms with E-state index in [4.69, 9.17) is 99.5 Å². The second kappa shape index (κ2) is 32.9. The Balaban J connectivity index is 1.99. The van der Waals surface area contributed by atoms with Crippen LogP contribution >= 0.6 is 0 Å². The Morgan fingerprint density at radius 2 is 0.379 bits per heavy atom. The van der Waals surface area contributed by atoms with Crippen molar-refractivity contribution in [3.05, 3.63) is 0 Å². The highest BCUT2D eigenvalue weighted by Gasteiger charge is 2.62. The van der Waals surface area contributed by atoms with E-state index in [1.54, 1.807) is 0 Å². The summed E-state index contributed by atoms with van der Waals surface area (Å²) in [5.41, 5.74) is 0. The Morgan fingerprint density at radius 3 is 0.598 bits per heavy atom. The SMILES string of the molecule is CC(=O)OCC1OC(OC2C(COC(C)=O)OC(OC3C(COC(C)=O)OC(OC4C(COC(C)=O)OC(OC(C)=O)C(OC(C)=O)C4OC(C)=O)C(OC(C)=O)C3OC(C)=O)C(OC(C)=O)C2OC(C)=O)C(OC(C)=O)C(OC(C)=O)C1OC(C)=O. The van der Waals surface area contributed by atoms with Crippen molar-refractivity contribution in [3.63, 3.8) is 0 Å². The van der Waals surface area contributed by atoms with Gasteiger partial charge in [0.1, 0.15) is 69.2 Å². The number of hydrogen-bond donors (Lipinski definition) is 0. The summed E-state index contributed by atoms with van der Waals surface area (Å²) in [7, 11) is 0. The normalized spacial score (nSPS) is 31.9. The Labute approximate surface area is 495 Å². The first-order valence-corrected chi connectivity index (χ1v) is 26.5. The van der Waals surface area contributed by atoms with Crippen LogP contribution < -0.4 is 0 Å². The molecule has 0 aromatic rings. The Bertz CT molecular complexity index is 2530. The van der Waals surface area contributed by atoms with Gasteiger partial charge in [0, 0.05) is 96.9 Å². The van der Waals surface area contributed by atoms with Crippen molar-refractivity contribution in [2.75, 3.05) is 26.4 Å². The monoisotopic (exact) mass is 1250 g/mol. The first-order chi connectivity index (χ1) is 40.6. The molecule has 4 fully saturated rings. The van der Waals surface area contributed by atoms with E-state index in [-0.39, 0.29) is 0 Å². The minimum Gasteiger partial charge on any atom is -0.463 e. The summed E-state index contributed by atoms with van der Waals surface area (Å²) in [5.74, 6) is -14.6. The third-order valence-electron chi connectivity index (χ3n) is 12.0. The molecular weight excluding hydrogens is 1180 g/mol. The first kappa shape index (κ1) is 71.8. The molecule has 0 amide bonds. The summed E-state index contributed by atoms with van der Waals surface area (Å²) >= 11 is 0. The van der Waals surface area contributed by atoms with E-state index >= 15 is 0 Å². The van der Waals surface area contributed by atoms with Gasteiger partial charge in [0.2, 0.25) is 12.4 Å². The molecule has 35 heteroatoms. The predicted octanol–water partition coefficient (Wildman–Crippen LogP) is -1.76. The largest absolute Gasteiger partial charge is 0.463 e. The van der Waals surface area contributed by atoms with Gasteiger partial charge in [-0.1, -0.05) is 0 Å². The van der Waals surface area contributed by atoms with Gasteiger partial charge in [-0.05, 0) is 0 Å².